The van der Waals surface area contributed by atoms with Crippen molar-refractivity contribution in [3.63, 3.8) is 0 Å². The normalized spacial score (nSPS) is 13.5. The zero-order valence-corrected chi connectivity index (χ0v) is 15.6. The van der Waals surface area contributed by atoms with Crippen LogP contribution >= 0.6 is 11.6 Å². The van der Waals surface area contributed by atoms with Gasteiger partial charge < -0.3 is 19.5 Å². The molecule has 0 saturated carbocycles. The fourth-order valence-corrected chi connectivity index (χ4v) is 2.71. The predicted octanol–water partition coefficient (Wildman–Crippen LogP) is 3.69. The van der Waals surface area contributed by atoms with Crippen molar-refractivity contribution in [2.75, 3.05) is 19.0 Å². The van der Waals surface area contributed by atoms with Gasteiger partial charge in [-0.1, -0.05) is 29.8 Å². The monoisotopic (exact) mass is 387 g/mol. The van der Waals surface area contributed by atoms with Gasteiger partial charge in [-0.25, -0.2) is 4.79 Å². The van der Waals surface area contributed by atoms with Crippen molar-refractivity contribution in [3.8, 4) is 11.5 Å². The quantitative estimate of drug-likeness (QED) is 0.792. The lowest BCUT2D eigenvalue weighted by molar-refractivity contribution is -0.149. The molecule has 1 aliphatic heterocycles. The third kappa shape index (κ3) is 4.41. The number of anilines is 1. The molecule has 0 bridgehead atoms. The zero-order chi connectivity index (χ0) is 19.4. The van der Waals surface area contributed by atoms with Gasteiger partial charge in [-0.3, -0.25) is 4.79 Å². The Hall–Kier alpha value is -2.99. The number of benzene rings is 2. The molecule has 2 aromatic carbocycles. The summed E-state index contributed by atoms with van der Waals surface area (Å²) in [5.41, 5.74) is 1.53. The van der Waals surface area contributed by atoms with E-state index in [-0.39, 0.29) is 6.61 Å². The Balaban J connectivity index is 1.66. The van der Waals surface area contributed by atoms with Crippen LogP contribution in [0.3, 0.4) is 0 Å². The Morgan fingerprint density at radius 1 is 1.22 bits per heavy atom. The van der Waals surface area contributed by atoms with Gasteiger partial charge in [-0.2, -0.15) is 0 Å². The second kappa shape index (κ2) is 8.14. The first-order valence-corrected chi connectivity index (χ1v) is 8.63. The fraction of sp³-hybridized carbons (Fsp3) is 0.200. The Labute approximate surface area is 161 Å². The lowest BCUT2D eigenvalue weighted by Gasteiger charge is -2.19. The summed E-state index contributed by atoms with van der Waals surface area (Å²) in [7, 11) is 1.48. The maximum atomic E-state index is 12.4. The number of hydrogen-bond donors (Lipinski definition) is 1. The molecular weight excluding hydrogens is 370 g/mol. The van der Waals surface area contributed by atoms with E-state index in [9.17, 15) is 9.59 Å². The van der Waals surface area contributed by atoms with E-state index in [4.69, 9.17) is 25.8 Å². The van der Waals surface area contributed by atoms with Crippen LogP contribution in [0.2, 0.25) is 5.02 Å². The number of nitrogens with one attached hydrogen (secondary N) is 1. The van der Waals surface area contributed by atoms with Crippen molar-refractivity contribution < 1.29 is 23.8 Å². The summed E-state index contributed by atoms with van der Waals surface area (Å²) in [5.74, 6) is 0.0472. The van der Waals surface area contributed by atoms with Crippen LogP contribution in [0.1, 0.15) is 12.5 Å². The number of para-hydroxylation sites is 1. The smallest absolute Gasteiger partial charge is 0.338 e. The van der Waals surface area contributed by atoms with Gasteiger partial charge in [0.05, 0.1) is 18.4 Å². The van der Waals surface area contributed by atoms with E-state index in [0.717, 1.165) is 5.56 Å². The van der Waals surface area contributed by atoms with Crippen LogP contribution < -0.4 is 14.8 Å². The number of halogens is 1. The average molecular weight is 388 g/mol. The number of esters is 1. The topological polar surface area (TPSA) is 73.9 Å². The molecule has 1 N–H and O–H groups in total. The number of hydrogen-bond acceptors (Lipinski definition) is 5. The molecule has 6 nitrogen and oxygen atoms in total. The third-order valence-electron chi connectivity index (χ3n) is 3.97. The van der Waals surface area contributed by atoms with E-state index in [1.165, 1.54) is 14.0 Å². The van der Waals surface area contributed by atoms with Crippen LogP contribution in [0.5, 0.6) is 11.5 Å². The van der Waals surface area contributed by atoms with Gasteiger partial charge in [0.15, 0.2) is 6.10 Å². The van der Waals surface area contributed by atoms with Crippen LogP contribution in [0.4, 0.5) is 5.69 Å². The first kappa shape index (κ1) is 18.8. The molecular formula is C20H18ClNO5. The Morgan fingerprint density at radius 3 is 2.78 bits per heavy atom. The van der Waals surface area contributed by atoms with Gasteiger partial charge >= 0.3 is 5.97 Å². The highest BCUT2D eigenvalue weighted by Crippen LogP contribution is 2.28. The van der Waals surface area contributed by atoms with E-state index in [0.29, 0.717) is 27.8 Å². The third-order valence-corrected chi connectivity index (χ3v) is 4.20. The number of methoxy groups -OCH3 is 1. The first-order valence-electron chi connectivity index (χ1n) is 8.25. The van der Waals surface area contributed by atoms with Crippen molar-refractivity contribution in [1.82, 2.24) is 0 Å². The summed E-state index contributed by atoms with van der Waals surface area (Å²) in [4.78, 5) is 24.7. The van der Waals surface area contributed by atoms with Gasteiger partial charge in [0, 0.05) is 10.6 Å². The average Bonchev–Trinajstić information content (AvgIpc) is 2.67. The summed E-state index contributed by atoms with van der Waals surface area (Å²) in [5, 5.41) is 3.09. The Bertz CT molecular complexity index is 909. The molecule has 1 aliphatic rings. The Kier molecular flexibility index (Phi) is 5.66. The van der Waals surface area contributed by atoms with Crippen LogP contribution in [-0.2, 0) is 14.3 Å². The fourth-order valence-electron chi connectivity index (χ4n) is 2.54. The summed E-state index contributed by atoms with van der Waals surface area (Å²) < 4.78 is 16.0. The van der Waals surface area contributed by atoms with Crippen molar-refractivity contribution >= 4 is 35.2 Å². The summed E-state index contributed by atoms with van der Waals surface area (Å²) in [6.07, 6.45) is 0.686. The molecule has 140 valence electrons. The molecule has 27 heavy (non-hydrogen) atoms. The van der Waals surface area contributed by atoms with E-state index < -0.39 is 18.0 Å². The first-order chi connectivity index (χ1) is 13.0. The maximum absolute atomic E-state index is 12.4. The number of fused-ring (bicyclic) bond motifs is 1. The second-order valence-corrected chi connectivity index (χ2v) is 6.31. The molecule has 0 spiro atoms. The molecule has 0 unspecified atom stereocenters. The minimum Gasteiger partial charge on any atom is -0.495 e. The molecule has 0 aliphatic carbocycles. The highest BCUT2D eigenvalue weighted by atomic mass is 35.5. The molecule has 0 fully saturated rings. The van der Waals surface area contributed by atoms with E-state index in [1.54, 1.807) is 24.3 Å². The predicted molar refractivity (Wildman–Crippen MR) is 102 cm³/mol. The highest BCUT2D eigenvalue weighted by molar-refractivity contribution is 6.31. The molecule has 1 atom stereocenters. The SMILES string of the molecule is COc1ccc(Cl)cc1NC(=O)[C@@H](C)OC(=O)C1=Cc2ccccc2OC1. The molecule has 1 amide bonds. The number of rotatable bonds is 5. The lowest BCUT2D eigenvalue weighted by atomic mass is 10.1. The van der Waals surface area contributed by atoms with Crippen LogP contribution in [-0.4, -0.2) is 31.7 Å². The standard InChI is InChI=1S/C20H18ClNO5/c1-12(19(23)22-16-10-15(21)7-8-18(16)25-2)27-20(24)14-9-13-5-3-4-6-17(13)26-11-14/h3-10,12H,11H2,1-2H3,(H,22,23)/t12-/m1/s1. The van der Waals surface area contributed by atoms with Crippen molar-refractivity contribution in [1.29, 1.82) is 0 Å². The van der Waals surface area contributed by atoms with Gasteiger partial charge in [-0.05, 0) is 37.3 Å². The van der Waals surface area contributed by atoms with Crippen LogP contribution in [0.15, 0.2) is 48.0 Å². The lowest BCUT2D eigenvalue weighted by Crippen LogP contribution is -2.31. The zero-order valence-electron chi connectivity index (χ0n) is 14.8. The van der Waals surface area contributed by atoms with Crippen molar-refractivity contribution in [2.24, 2.45) is 0 Å². The van der Waals surface area contributed by atoms with Crippen molar-refractivity contribution in [2.45, 2.75) is 13.0 Å². The number of ether oxygens (including phenoxy) is 3. The molecule has 7 heteroatoms. The van der Waals surface area contributed by atoms with Crippen LogP contribution in [0.25, 0.3) is 6.08 Å². The second-order valence-electron chi connectivity index (χ2n) is 5.88. The number of amides is 1. The summed E-state index contributed by atoms with van der Waals surface area (Å²) in [6.45, 7) is 1.58. The molecule has 0 radical (unpaired) electrons. The maximum Gasteiger partial charge on any atom is 0.338 e. The van der Waals surface area contributed by atoms with Gasteiger partial charge in [0.25, 0.3) is 5.91 Å². The van der Waals surface area contributed by atoms with Crippen molar-refractivity contribution in [3.05, 3.63) is 58.6 Å². The van der Waals surface area contributed by atoms with Crippen LogP contribution in [0, 0.1) is 0 Å². The molecule has 2 aromatic rings. The minimum atomic E-state index is -1.01. The highest BCUT2D eigenvalue weighted by Gasteiger charge is 2.24. The van der Waals surface area contributed by atoms with Gasteiger partial charge in [-0.15, -0.1) is 0 Å². The largest absolute Gasteiger partial charge is 0.495 e. The van der Waals surface area contributed by atoms with E-state index >= 15 is 0 Å². The minimum absolute atomic E-state index is 0.0896. The molecule has 1 heterocycles. The molecule has 0 aromatic heterocycles. The summed E-state index contributed by atoms with van der Waals surface area (Å²) >= 11 is 5.95. The summed E-state index contributed by atoms with van der Waals surface area (Å²) in [6, 6.07) is 12.2. The number of carbonyl (C=O) groups excluding carboxylic acids is 2. The van der Waals surface area contributed by atoms with Gasteiger partial charge in [0.2, 0.25) is 0 Å². The van der Waals surface area contributed by atoms with Gasteiger partial charge in [0.1, 0.15) is 18.1 Å². The molecule has 3 rings (SSSR count). The Morgan fingerprint density at radius 2 is 2.00 bits per heavy atom. The molecule has 0 saturated heterocycles. The number of carbonyl (C=O) groups is 2. The van der Waals surface area contributed by atoms with E-state index in [1.807, 2.05) is 24.3 Å². The van der Waals surface area contributed by atoms with E-state index in [2.05, 4.69) is 5.32 Å².